The van der Waals surface area contributed by atoms with E-state index in [1.54, 1.807) is 19.2 Å². The molecule has 20 heavy (non-hydrogen) atoms. The maximum absolute atomic E-state index is 12.0. The van der Waals surface area contributed by atoms with Crippen LogP contribution in [0.15, 0.2) is 22.7 Å². The van der Waals surface area contributed by atoms with E-state index in [1.165, 1.54) is 4.90 Å². The Morgan fingerprint density at radius 3 is 2.80 bits per heavy atom. The summed E-state index contributed by atoms with van der Waals surface area (Å²) in [6.07, 6.45) is 1.44. The minimum absolute atomic E-state index is 0.0438. The van der Waals surface area contributed by atoms with Crippen LogP contribution in [0, 0.1) is 5.92 Å². The van der Waals surface area contributed by atoms with Crippen molar-refractivity contribution in [2.24, 2.45) is 5.92 Å². The molecule has 0 spiro atoms. The molecule has 1 saturated heterocycles. The molecule has 0 aromatic heterocycles. The quantitative estimate of drug-likeness (QED) is 0.878. The molecule has 2 rings (SSSR count). The average molecular weight is 361 g/mol. The van der Waals surface area contributed by atoms with Gasteiger partial charge in [-0.05, 0) is 30.5 Å². The highest BCUT2D eigenvalue weighted by molar-refractivity contribution is 9.10. The smallest absolute Gasteiger partial charge is 0.308 e. The number of rotatable bonds is 2. The van der Waals surface area contributed by atoms with Crippen molar-refractivity contribution in [3.05, 3.63) is 33.3 Å². The predicted octanol–water partition coefficient (Wildman–Crippen LogP) is 3.49. The molecule has 6 heteroatoms. The molecule has 1 fully saturated rings. The minimum Gasteiger partial charge on any atom is -0.481 e. The van der Waals surface area contributed by atoms with Gasteiger partial charge in [0.25, 0.3) is 0 Å². The number of carboxylic acid groups (broad SMARTS) is 1. The maximum Gasteiger partial charge on any atom is 0.308 e. The van der Waals surface area contributed by atoms with E-state index >= 15 is 0 Å². The van der Waals surface area contributed by atoms with E-state index in [2.05, 4.69) is 15.9 Å². The van der Waals surface area contributed by atoms with E-state index in [0.29, 0.717) is 29.8 Å². The molecule has 108 valence electrons. The van der Waals surface area contributed by atoms with E-state index in [4.69, 9.17) is 11.6 Å². The summed E-state index contributed by atoms with van der Waals surface area (Å²) >= 11 is 9.56. The Morgan fingerprint density at radius 2 is 2.20 bits per heavy atom. The number of carbonyl (C=O) groups is 2. The van der Waals surface area contributed by atoms with Gasteiger partial charge in [0.2, 0.25) is 5.91 Å². The van der Waals surface area contributed by atoms with Crippen molar-refractivity contribution >= 4 is 39.4 Å². The molecule has 1 amide bonds. The highest BCUT2D eigenvalue weighted by Gasteiger charge is 2.37. The van der Waals surface area contributed by atoms with Gasteiger partial charge in [-0.1, -0.05) is 33.6 Å². The number of benzene rings is 1. The number of hydrogen-bond donors (Lipinski definition) is 1. The largest absolute Gasteiger partial charge is 0.481 e. The van der Waals surface area contributed by atoms with Gasteiger partial charge in [0, 0.05) is 23.0 Å². The molecule has 4 nitrogen and oxygen atoms in total. The van der Waals surface area contributed by atoms with Gasteiger partial charge in [0.05, 0.1) is 12.0 Å². The van der Waals surface area contributed by atoms with E-state index < -0.39 is 17.9 Å². The normalized spacial score (nSPS) is 23.6. The molecule has 0 radical (unpaired) electrons. The van der Waals surface area contributed by atoms with Gasteiger partial charge in [0.1, 0.15) is 0 Å². The Labute approximate surface area is 130 Å². The van der Waals surface area contributed by atoms with Crippen LogP contribution in [0.3, 0.4) is 0 Å². The number of nitrogens with zero attached hydrogens (tertiary/aromatic N) is 1. The highest BCUT2D eigenvalue weighted by Crippen LogP contribution is 2.38. The summed E-state index contributed by atoms with van der Waals surface area (Å²) in [7, 11) is 1.65. The van der Waals surface area contributed by atoms with Crippen LogP contribution in [-0.2, 0) is 9.59 Å². The van der Waals surface area contributed by atoms with Gasteiger partial charge in [-0.15, -0.1) is 0 Å². The fourth-order valence-electron chi connectivity index (χ4n) is 2.66. The van der Waals surface area contributed by atoms with E-state index in [1.807, 2.05) is 6.07 Å². The molecular formula is C14H15BrClNO3. The SMILES string of the molecule is CN1C(=O)CCCC(C(=O)O)C1c1ccc(Br)cc1Cl. The Hall–Kier alpha value is -1.07. The molecular weight excluding hydrogens is 346 g/mol. The van der Waals surface area contributed by atoms with Crippen LogP contribution in [0.2, 0.25) is 5.02 Å². The summed E-state index contributed by atoms with van der Waals surface area (Å²) in [6, 6.07) is 4.79. The third kappa shape index (κ3) is 2.99. The zero-order valence-electron chi connectivity index (χ0n) is 11.0. The monoisotopic (exact) mass is 359 g/mol. The van der Waals surface area contributed by atoms with Crippen LogP contribution < -0.4 is 0 Å². The molecule has 2 atom stereocenters. The lowest BCUT2D eigenvalue weighted by molar-refractivity contribution is -0.145. The highest BCUT2D eigenvalue weighted by atomic mass is 79.9. The predicted molar refractivity (Wildman–Crippen MR) is 79.6 cm³/mol. The van der Waals surface area contributed by atoms with Gasteiger partial charge in [-0.25, -0.2) is 0 Å². The molecule has 1 heterocycles. The number of likely N-dealkylation sites (tertiary alicyclic amines) is 1. The number of carboxylic acids is 1. The molecule has 1 aromatic carbocycles. The van der Waals surface area contributed by atoms with Crippen LogP contribution in [-0.4, -0.2) is 28.9 Å². The first-order valence-electron chi connectivity index (χ1n) is 6.35. The molecule has 1 aliphatic rings. The third-order valence-electron chi connectivity index (χ3n) is 3.70. The van der Waals surface area contributed by atoms with Crippen LogP contribution in [0.4, 0.5) is 0 Å². The standard InChI is InChI=1S/C14H15BrClNO3/c1-17-12(18)4-2-3-10(14(19)20)13(17)9-6-5-8(15)7-11(9)16/h5-7,10,13H,2-4H2,1H3,(H,19,20). The van der Waals surface area contributed by atoms with Crippen LogP contribution in [0.5, 0.6) is 0 Å². The summed E-state index contributed by atoms with van der Waals surface area (Å²) in [5.41, 5.74) is 0.681. The molecule has 1 aromatic rings. The first-order valence-corrected chi connectivity index (χ1v) is 7.52. The summed E-state index contributed by atoms with van der Waals surface area (Å²) in [5, 5.41) is 9.92. The molecule has 1 aliphatic heterocycles. The van der Waals surface area contributed by atoms with Crippen molar-refractivity contribution in [1.29, 1.82) is 0 Å². The lowest BCUT2D eigenvalue weighted by Crippen LogP contribution is -2.36. The van der Waals surface area contributed by atoms with E-state index in [9.17, 15) is 14.7 Å². The van der Waals surface area contributed by atoms with Crippen molar-refractivity contribution < 1.29 is 14.7 Å². The van der Waals surface area contributed by atoms with Crippen molar-refractivity contribution in [1.82, 2.24) is 4.90 Å². The maximum atomic E-state index is 12.0. The van der Waals surface area contributed by atoms with Gasteiger partial charge < -0.3 is 10.0 Å². The van der Waals surface area contributed by atoms with Crippen molar-refractivity contribution in [2.45, 2.75) is 25.3 Å². The van der Waals surface area contributed by atoms with E-state index in [-0.39, 0.29) is 5.91 Å². The lowest BCUT2D eigenvalue weighted by atomic mass is 9.89. The van der Waals surface area contributed by atoms with Gasteiger partial charge >= 0.3 is 5.97 Å². The summed E-state index contributed by atoms with van der Waals surface area (Å²) < 4.78 is 0.820. The minimum atomic E-state index is -0.893. The summed E-state index contributed by atoms with van der Waals surface area (Å²) in [4.78, 5) is 25.1. The van der Waals surface area contributed by atoms with Crippen LogP contribution in [0.1, 0.15) is 30.9 Å². The second-order valence-electron chi connectivity index (χ2n) is 4.95. The third-order valence-corrected chi connectivity index (χ3v) is 4.52. The molecule has 0 aliphatic carbocycles. The Morgan fingerprint density at radius 1 is 1.50 bits per heavy atom. The number of hydrogen-bond acceptors (Lipinski definition) is 2. The zero-order chi connectivity index (χ0) is 14.9. The second kappa shape index (κ2) is 6.14. The lowest BCUT2D eigenvalue weighted by Gasteiger charge is -2.31. The van der Waals surface area contributed by atoms with Crippen LogP contribution in [0.25, 0.3) is 0 Å². The zero-order valence-corrected chi connectivity index (χ0v) is 13.3. The van der Waals surface area contributed by atoms with Crippen molar-refractivity contribution in [3.8, 4) is 0 Å². The van der Waals surface area contributed by atoms with Gasteiger partial charge in [0.15, 0.2) is 0 Å². The first kappa shape index (κ1) is 15.3. The Kier molecular flexibility index (Phi) is 4.70. The number of halogens is 2. The Bertz CT molecular complexity index is 549. The fraction of sp³-hybridized carbons (Fsp3) is 0.429. The molecule has 0 saturated carbocycles. The van der Waals surface area contributed by atoms with E-state index in [0.717, 1.165) is 4.47 Å². The number of aliphatic carboxylic acids is 1. The Balaban J connectivity index is 2.50. The summed E-state index contributed by atoms with van der Waals surface area (Å²) in [6.45, 7) is 0. The van der Waals surface area contributed by atoms with Gasteiger partial charge in [-0.3, -0.25) is 9.59 Å². The molecule has 2 unspecified atom stereocenters. The number of carbonyl (C=O) groups excluding carboxylic acids is 1. The summed E-state index contributed by atoms with van der Waals surface area (Å²) in [5.74, 6) is -1.57. The van der Waals surface area contributed by atoms with Gasteiger partial charge in [-0.2, -0.15) is 0 Å². The topological polar surface area (TPSA) is 57.6 Å². The van der Waals surface area contributed by atoms with Crippen LogP contribution >= 0.6 is 27.5 Å². The van der Waals surface area contributed by atoms with Crippen molar-refractivity contribution in [2.75, 3.05) is 7.05 Å². The average Bonchev–Trinajstić information content (AvgIpc) is 2.51. The van der Waals surface area contributed by atoms with Crippen molar-refractivity contribution in [3.63, 3.8) is 0 Å². The fourth-order valence-corrected chi connectivity index (χ4v) is 3.44. The second-order valence-corrected chi connectivity index (χ2v) is 6.28. The molecule has 1 N–H and O–H groups in total. The number of amides is 1. The first-order chi connectivity index (χ1) is 9.41. The molecule has 0 bridgehead atoms.